The number of carbonyl (C=O) groups is 2. The van der Waals surface area contributed by atoms with E-state index in [2.05, 4.69) is 10.2 Å². The molecule has 1 aromatic heterocycles. The first-order valence-electron chi connectivity index (χ1n) is 11.1. The van der Waals surface area contributed by atoms with Crippen molar-refractivity contribution in [2.45, 2.75) is 24.7 Å². The van der Waals surface area contributed by atoms with E-state index in [4.69, 9.17) is 4.74 Å². The van der Waals surface area contributed by atoms with Crippen molar-refractivity contribution in [1.29, 1.82) is 0 Å². The van der Waals surface area contributed by atoms with Gasteiger partial charge < -0.3 is 19.6 Å². The second-order valence-electron chi connectivity index (χ2n) is 8.70. The summed E-state index contributed by atoms with van der Waals surface area (Å²) in [6.45, 7) is 0.391. The molecule has 2 atom stereocenters. The standard InChI is InChI=1S/C25H25FN4O4/c1-34-23-8-17(5-6-21(23)18-10-27-28-11-18)25(33)30-14-20(31)9-22(30)15-3-2-4-16(7-15)24(32)29-12-19(26)13-29/h2-8,10-11,19-20,22,31H,9,12-14H2,1H3,(H,27,28)/t20?,22-/m1/s1. The van der Waals surface area contributed by atoms with E-state index in [0.717, 1.165) is 16.7 Å². The molecule has 8 nitrogen and oxygen atoms in total. The number of hydrogen-bond donors (Lipinski definition) is 2. The van der Waals surface area contributed by atoms with E-state index in [1.807, 2.05) is 12.1 Å². The molecule has 9 heteroatoms. The molecule has 5 rings (SSSR count). The summed E-state index contributed by atoms with van der Waals surface area (Å²) in [6, 6.07) is 11.9. The van der Waals surface area contributed by atoms with Crippen molar-refractivity contribution < 1.29 is 23.8 Å². The van der Waals surface area contributed by atoms with Gasteiger partial charge in [0.1, 0.15) is 11.9 Å². The minimum atomic E-state index is -0.970. The van der Waals surface area contributed by atoms with Gasteiger partial charge in [0.15, 0.2) is 0 Å². The zero-order valence-corrected chi connectivity index (χ0v) is 18.6. The lowest BCUT2D eigenvalue weighted by molar-refractivity contribution is 0.0400. The van der Waals surface area contributed by atoms with Crippen molar-refractivity contribution in [2.24, 2.45) is 0 Å². The van der Waals surface area contributed by atoms with E-state index in [9.17, 15) is 19.1 Å². The van der Waals surface area contributed by atoms with Gasteiger partial charge in [-0.15, -0.1) is 0 Å². The van der Waals surface area contributed by atoms with Gasteiger partial charge in [0.25, 0.3) is 11.8 Å². The molecule has 2 saturated heterocycles. The lowest BCUT2D eigenvalue weighted by Crippen LogP contribution is -2.51. The number of aliphatic hydroxyl groups excluding tert-OH is 1. The van der Waals surface area contributed by atoms with Crippen LogP contribution < -0.4 is 4.74 Å². The first-order valence-corrected chi connectivity index (χ1v) is 11.1. The molecule has 3 aromatic rings. The van der Waals surface area contributed by atoms with E-state index in [1.54, 1.807) is 54.7 Å². The number of hydrogen-bond acceptors (Lipinski definition) is 5. The summed E-state index contributed by atoms with van der Waals surface area (Å²) in [5, 5.41) is 17.1. The molecule has 0 aliphatic carbocycles. The third-order valence-electron chi connectivity index (χ3n) is 6.44. The monoisotopic (exact) mass is 464 g/mol. The molecule has 2 N–H and O–H groups in total. The number of likely N-dealkylation sites (tertiary alicyclic amines) is 2. The van der Waals surface area contributed by atoms with E-state index in [1.165, 1.54) is 4.90 Å². The first kappa shape index (κ1) is 22.1. The average Bonchev–Trinajstić information content (AvgIpc) is 3.51. The van der Waals surface area contributed by atoms with Crippen LogP contribution in [-0.4, -0.2) is 75.9 Å². The number of nitrogens with zero attached hydrogens (tertiary/aromatic N) is 3. The molecule has 0 radical (unpaired) electrons. The third kappa shape index (κ3) is 4.03. The number of aromatic amines is 1. The van der Waals surface area contributed by atoms with Gasteiger partial charge in [-0.1, -0.05) is 12.1 Å². The van der Waals surface area contributed by atoms with Crippen molar-refractivity contribution in [2.75, 3.05) is 26.7 Å². The number of benzene rings is 2. The van der Waals surface area contributed by atoms with Crippen molar-refractivity contribution in [3.05, 3.63) is 71.5 Å². The number of nitrogens with one attached hydrogen (secondary N) is 1. The van der Waals surface area contributed by atoms with Crippen LogP contribution >= 0.6 is 0 Å². The van der Waals surface area contributed by atoms with Gasteiger partial charge in [0, 0.05) is 35.0 Å². The van der Waals surface area contributed by atoms with Gasteiger partial charge in [-0.2, -0.15) is 5.10 Å². The van der Waals surface area contributed by atoms with Crippen LogP contribution in [0.15, 0.2) is 54.9 Å². The number of aromatic nitrogens is 2. The number of halogens is 1. The molecule has 2 fully saturated rings. The normalized spacial score (nSPS) is 20.3. The number of alkyl halides is 1. The fourth-order valence-corrected chi connectivity index (χ4v) is 4.63. The Morgan fingerprint density at radius 3 is 2.62 bits per heavy atom. The highest BCUT2D eigenvalue weighted by atomic mass is 19.1. The number of H-pyrrole nitrogens is 1. The number of rotatable bonds is 5. The Kier molecular flexibility index (Phi) is 5.79. The molecule has 2 aromatic carbocycles. The maximum atomic E-state index is 13.5. The topological polar surface area (TPSA) is 98.8 Å². The van der Waals surface area contributed by atoms with Gasteiger partial charge in [0.05, 0.1) is 38.5 Å². The lowest BCUT2D eigenvalue weighted by Gasteiger charge is -2.34. The Morgan fingerprint density at radius 2 is 1.91 bits per heavy atom. The molecule has 3 heterocycles. The fourth-order valence-electron chi connectivity index (χ4n) is 4.63. The van der Waals surface area contributed by atoms with Gasteiger partial charge in [-0.05, 0) is 42.3 Å². The molecule has 0 saturated carbocycles. The van der Waals surface area contributed by atoms with Crippen LogP contribution in [0.25, 0.3) is 11.1 Å². The van der Waals surface area contributed by atoms with Crippen molar-refractivity contribution in [3.63, 3.8) is 0 Å². The van der Waals surface area contributed by atoms with Crippen LogP contribution in [0.1, 0.15) is 38.7 Å². The second-order valence-corrected chi connectivity index (χ2v) is 8.70. The highest BCUT2D eigenvalue weighted by Gasteiger charge is 2.37. The largest absolute Gasteiger partial charge is 0.496 e. The maximum absolute atomic E-state index is 13.5. The Labute approximate surface area is 195 Å². The summed E-state index contributed by atoms with van der Waals surface area (Å²) in [6.07, 6.45) is 2.14. The number of β-amino-alcohol motifs (C(OH)–C–C–N with tert-alkyl or cyclic N) is 1. The molecule has 1 unspecified atom stereocenters. The Hall–Kier alpha value is -3.72. The Balaban J connectivity index is 1.41. The molecular formula is C25H25FN4O4. The molecule has 0 spiro atoms. The number of aliphatic hydroxyl groups is 1. The third-order valence-corrected chi connectivity index (χ3v) is 6.44. The second kappa shape index (κ2) is 8.90. The van der Waals surface area contributed by atoms with E-state index in [0.29, 0.717) is 23.3 Å². The SMILES string of the molecule is COc1cc(C(=O)N2CC(O)C[C@@H]2c2cccc(C(=O)N3CC(F)C3)c2)ccc1-c1cn[nH]c1. The van der Waals surface area contributed by atoms with Crippen LogP contribution in [0.2, 0.25) is 0 Å². The van der Waals surface area contributed by atoms with Crippen LogP contribution in [0.3, 0.4) is 0 Å². The molecule has 2 aliphatic rings. The van der Waals surface area contributed by atoms with Crippen LogP contribution in [0, 0.1) is 0 Å². The summed E-state index contributed by atoms with van der Waals surface area (Å²) in [5.74, 6) is 0.0712. The van der Waals surface area contributed by atoms with Crippen LogP contribution in [0.5, 0.6) is 5.75 Å². The van der Waals surface area contributed by atoms with E-state index in [-0.39, 0.29) is 37.5 Å². The summed E-state index contributed by atoms with van der Waals surface area (Å²) in [5.41, 5.74) is 3.29. The van der Waals surface area contributed by atoms with Crippen molar-refractivity contribution in [3.8, 4) is 16.9 Å². The number of carbonyl (C=O) groups excluding carboxylic acids is 2. The predicted molar refractivity (Wildman–Crippen MR) is 122 cm³/mol. The minimum absolute atomic E-state index is 0.104. The maximum Gasteiger partial charge on any atom is 0.254 e. The number of ether oxygens (including phenoxy) is 1. The number of amides is 2. The summed E-state index contributed by atoms with van der Waals surface area (Å²) in [4.78, 5) is 29.2. The smallest absolute Gasteiger partial charge is 0.254 e. The zero-order chi connectivity index (χ0) is 23.8. The molecule has 176 valence electrons. The zero-order valence-electron chi connectivity index (χ0n) is 18.6. The minimum Gasteiger partial charge on any atom is -0.496 e. The predicted octanol–water partition coefficient (Wildman–Crippen LogP) is 2.83. The first-order chi connectivity index (χ1) is 16.4. The Morgan fingerprint density at radius 1 is 1.12 bits per heavy atom. The van der Waals surface area contributed by atoms with Crippen molar-refractivity contribution in [1.82, 2.24) is 20.0 Å². The number of methoxy groups -OCH3 is 1. The molecule has 34 heavy (non-hydrogen) atoms. The van der Waals surface area contributed by atoms with Gasteiger partial charge in [-0.3, -0.25) is 14.7 Å². The molecule has 0 bridgehead atoms. The van der Waals surface area contributed by atoms with Gasteiger partial charge in [0.2, 0.25) is 0 Å². The molecular weight excluding hydrogens is 439 g/mol. The van der Waals surface area contributed by atoms with Gasteiger partial charge >= 0.3 is 0 Å². The highest BCUT2D eigenvalue weighted by molar-refractivity contribution is 5.97. The average molecular weight is 464 g/mol. The Bertz CT molecular complexity index is 1210. The van der Waals surface area contributed by atoms with Crippen molar-refractivity contribution >= 4 is 11.8 Å². The lowest BCUT2D eigenvalue weighted by atomic mass is 9.99. The molecule has 2 amide bonds. The summed E-state index contributed by atoms with van der Waals surface area (Å²) in [7, 11) is 1.54. The van der Waals surface area contributed by atoms with Gasteiger partial charge in [-0.25, -0.2) is 4.39 Å². The fraction of sp³-hybridized carbons (Fsp3) is 0.320. The highest BCUT2D eigenvalue weighted by Crippen LogP contribution is 2.36. The molecule has 2 aliphatic heterocycles. The quantitative estimate of drug-likeness (QED) is 0.605. The van der Waals surface area contributed by atoms with Crippen LogP contribution in [0.4, 0.5) is 4.39 Å². The summed E-state index contributed by atoms with van der Waals surface area (Å²) >= 11 is 0. The van der Waals surface area contributed by atoms with E-state index >= 15 is 0 Å². The summed E-state index contributed by atoms with van der Waals surface area (Å²) < 4.78 is 18.7. The van der Waals surface area contributed by atoms with E-state index < -0.39 is 12.3 Å². The van der Waals surface area contributed by atoms with Crippen LogP contribution in [-0.2, 0) is 0 Å².